The maximum atomic E-state index is 14.6. The van der Waals surface area contributed by atoms with E-state index in [1.165, 1.54) is 34.1 Å². The number of nitrogens with one attached hydrogen (secondary N) is 4. The molecular weight excluding hydrogens is 1020 g/mol. The zero-order valence-corrected chi connectivity index (χ0v) is 45.2. The Bertz CT molecular complexity index is 2930. The van der Waals surface area contributed by atoms with Gasteiger partial charge in [-0.1, -0.05) is 43.2 Å². The van der Waals surface area contributed by atoms with Crippen molar-refractivity contribution >= 4 is 63.9 Å². The van der Waals surface area contributed by atoms with Crippen LogP contribution >= 0.6 is 0 Å². The summed E-state index contributed by atoms with van der Waals surface area (Å²) in [5, 5.41) is 8.49. The Balaban J connectivity index is 0.807. The Kier molecular flexibility index (Phi) is 17.6. The van der Waals surface area contributed by atoms with E-state index in [1.54, 1.807) is 12.1 Å². The molecule has 9 rings (SSSR count). The van der Waals surface area contributed by atoms with Crippen LogP contribution in [0.4, 0.5) is 8.78 Å². The van der Waals surface area contributed by atoms with E-state index < -0.39 is 65.5 Å². The highest BCUT2D eigenvalue weighted by Crippen LogP contribution is 2.37. The van der Waals surface area contributed by atoms with Gasteiger partial charge in [-0.25, -0.2) is 8.78 Å². The first-order valence-electron chi connectivity index (χ1n) is 28.3. The molecule has 3 aromatic rings. The maximum absolute atomic E-state index is 14.6. The number of amides is 8. The van der Waals surface area contributed by atoms with Crippen LogP contribution in [0.25, 0.3) is 10.9 Å². The number of Topliss-reactive ketones (excluding diaryl/α,β-unsaturated/α-hetero) is 1. The van der Waals surface area contributed by atoms with Gasteiger partial charge < -0.3 is 41.0 Å². The van der Waals surface area contributed by atoms with Gasteiger partial charge in [-0.3, -0.25) is 48.5 Å². The summed E-state index contributed by atoms with van der Waals surface area (Å²) in [6, 6.07) is 6.70. The molecule has 8 amide bonds. The number of imide groups is 1. The smallest absolute Gasteiger partial charge is 0.270 e. The van der Waals surface area contributed by atoms with Crippen LogP contribution in [0.1, 0.15) is 160 Å². The molecule has 0 bridgehead atoms. The summed E-state index contributed by atoms with van der Waals surface area (Å²) in [6.07, 6.45) is 9.61. The van der Waals surface area contributed by atoms with Crippen molar-refractivity contribution in [2.75, 3.05) is 33.2 Å². The summed E-state index contributed by atoms with van der Waals surface area (Å²) in [6.45, 7) is 3.10. The molecule has 1 unspecified atom stereocenters. The van der Waals surface area contributed by atoms with E-state index in [4.69, 9.17) is 5.73 Å². The van der Waals surface area contributed by atoms with Crippen LogP contribution in [-0.2, 0) is 46.0 Å². The Morgan fingerprint density at radius 3 is 2.42 bits per heavy atom. The Hall–Kier alpha value is -7.01. The summed E-state index contributed by atoms with van der Waals surface area (Å²) in [7, 11) is 1.90. The molecule has 1 aromatic heterocycles. The Labute approximate surface area is 459 Å². The first kappa shape index (κ1) is 56.7. The molecule has 6 atom stereocenters. The van der Waals surface area contributed by atoms with Gasteiger partial charge in [-0.15, -0.1) is 0 Å². The van der Waals surface area contributed by atoms with Crippen LogP contribution in [0.3, 0.4) is 0 Å². The van der Waals surface area contributed by atoms with Gasteiger partial charge in [0, 0.05) is 105 Å². The van der Waals surface area contributed by atoms with Crippen LogP contribution < -0.4 is 21.7 Å². The number of benzene rings is 2. The van der Waals surface area contributed by atoms with Gasteiger partial charge >= 0.3 is 0 Å². The summed E-state index contributed by atoms with van der Waals surface area (Å²) >= 11 is 0. The highest BCUT2D eigenvalue weighted by Gasteiger charge is 2.46. The minimum Gasteiger partial charge on any atom is -0.370 e. The summed E-state index contributed by atoms with van der Waals surface area (Å²) in [5.41, 5.74) is 8.01. The number of likely N-dealkylation sites (N-methyl/N-ethyl adjacent to an activating group) is 1. The molecule has 0 radical (unpaired) electrons. The number of halogens is 2. The minimum absolute atomic E-state index is 0.0280. The van der Waals surface area contributed by atoms with E-state index in [0.717, 1.165) is 75.8 Å². The first-order chi connectivity index (χ1) is 37.8. The topological polar surface area (TPSA) is 244 Å². The van der Waals surface area contributed by atoms with Crippen LogP contribution in [0.2, 0.25) is 0 Å². The van der Waals surface area contributed by atoms with Crippen LogP contribution in [0.5, 0.6) is 0 Å². The third kappa shape index (κ3) is 13.2. The van der Waals surface area contributed by atoms with Crippen molar-refractivity contribution in [2.24, 2.45) is 23.5 Å². The number of alkyl halides is 2. The predicted octanol–water partition coefficient (Wildman–Crippen LogP) is 5.20. The lowest BCUT2D eigenvalue weighted by Crippen LogP contribution is -2.60. The molecule has 422 valence electrons. The van der Waals surface area contributed by atoms with Crippen molar-refractivity contribution < 1.29 is 51.9 Å². The van der Waals surface area contributed by atoms with E-state index in [0.29, 0.717) is 67.8 Å². The van der Waals surface area contributed by atoms with Gasteiger partial charge in [-0.05, 0) is 125 Å². The van der Waals surface area contributed by atoms with Gasteiger partial charge in [0.2, 0.25) is 35.4 Å². The second-order valence-electron chi connectivity index (χ2n) is 22.9. The van der Waals surface area contributed by atoms with Crippen LogP contribution in [0.15, 0.2) is 42.5 Å². The van der Waals surface area contributed by atoms with E-state index in [1.807, 2.05) is 22.9 Å². The van der Waals surface area contributed by atoms with Crippen LogP contribution in [-0.4, -0.2) is 141 Å². The molecule has 5 aliphatic heterocycles. The number of nitrogens with two attached hydrogens (primary N) is 1. The molecule has 0 spiro atoms. The Morgan fingerprint density at radius 1 is 0.911 bits per heavy atom. The van der Waals surface area contributed by atoms with Gasteiger partial charge in [0.25, 0.3) is 17.7 Å². The van der Waals surface area contributed by atoms with Crippen molar-refractivity contribution in [1.82, 2.24) is 40.5 Å². The van der Waals surface area contributed by atoms with Crippen molar-refractivity contribution in [3.63, 3.8) is 0 Å². The van der Waals surface area contributed by atoms with Gasteiger partial charge in [0.15, 0.2) is 5.78 Å². The fraction of sp³-hybridized carbons (Fsp3) is 0.576. The molecule has 20 heteroatoms. The second kappa shape index (κ2) is 24.6. The van der Waals surface area contributed by atoms with Crippen molar-refractivity contribution in [3.8, 4) is 11.8 Å². The lowest BCUT2D eigenvalue weighted by molar-refractivity contribution is -0.144. The van der Waals surface area contributed by atoms with Gasteiger partial charge in [-0.2, -0.15) is 0 Å². The number of carbonyl (C=O) groups is 9. The Morgan fingerprint density at radius 2 is 1.68 bits per heavy atom. The quantitative estimate of drug-likeness (QED) is 0.0672. The van der Waals surface area contributed by atoms with Crippen LogP contribution in [0, 0.1) is 29.6 Å². The van der Waals surface area contributed by atoms with Gasteiger partial charge in [0.05, 0.1) is 6.04 Å². The number of fused-ring (bicyclic) bond motifs is 3. The standard InChI is InChI=1S/C59H73F2N9O9/c1-59(60,61)39-16-18-44-38(30-39)31-47(63-44)53(74)65-46-26-27-67(2)33-40-17-20-49(70(40)58(46)79)55(76)64-45(19-22-51(62)72)50(71)32-42(36-11-7-4-8-12-36)56(77)68-28-24-35(25-29-68)10-5-3-6-13-37-14-9-15-41-43(37)34-69(57(41)78)48-21-23-52(73)66-54(48)75/h9,14-16,18,30-31,35-36,40,42,45-46,48-49,63H,3-5,7-8,10-12,17,19-29,32-34H2,1-2H3,(H2,62,72)(H,64,76)(H,65,74)(H,66,73,75)/t40-,42+,45+,46+,48?,49+/m1/s1. The second-order valence-corrected chi connectivity index (χ2v) is 22.9. The maximum Gasteiger partial charge on any atom is 0.270 e. The molecule has 5 fully saturated rings. The molecule has 1 aliphatic carbocycles. The van der Waals surface area contributed by atoms with E-state index in [-0.39, 0.29) is 91.8 Å². The highest BCUT2D eigenvalue weighted by atomic mass is 19.3. The lowest BCUT2D eigenvalue weighted by atomic mass is 9.76. The largest absolute Gasteiger partial charge is 0.370 e. The molecule has 79 heavy (non-hydrogen) atoms. The molecule has 18 nitrogen and oxygen atoms in total. The average Bonchev–Trinajstić information content (AvgIpc) is 4.35. The fourth-order valence-corrected chi connectivity index (χ4v) is 12.9. The number of carbonyl (C=O) groups excluding carboxylic acids is 9. The monoisotopic (exact) mass is 1090 g/mol. The third-order valence-electron chi connectivity index (χ3n) is 17.3. The average molecular weight is 1090 g/mol. The summed E-state index contributed by atoms with van der Waals surface area (Å²) < 4.78 is 28.2. The van der Waals surface area contributed by atoms with Crippen molar-refractivity contribution in [1.29, 1.82) is 0 Å². The third-order valence-corrected chi connectivity index (χ3v) is 17.3. The van der Waals surface area contributed by atoms with Crippen molar-refractivity contribution in [3.05, 3.63) is 70.4 Å². The number of aromatic amines is 1. The minimum atomic E-state index is -3.08. The molecule has 6 heterocycles. The summed E-state index contributed by atoms with van der Waals surface area (Å²) in [5.74, 6) is -0.579. The first-order valence-corrected chi connectivity index (χ1v) is 28.3. The number of nitrogens with zero attached hydrogens (tertiary/aromatic N) is 4. The van der Waals surface area contributed by atoms with E-state index in [2.05, 4.69) is 32.8 Å². The number of piperidine rings is 2. The van der Waals surface area contributed by atoms with Crippen molar-refractivity contribution in [2.45, 2.75) is 165 Å². The number of ketones is 1. The molecule has 2 aromatic carbocycles. The molecular formula is C59H73F2N9O9. The lowest BCUT2D eigenvalue weighted by Gasteiger charge is -2.38. The predicted molar refractivity (Wildman–Crippen MR) is 287 cm³/mol. The number of aromatic nitrogens is 1. The zero-order valence-electron chi connectivity index (χ0n) is 45.2. The highest BCUT2D eigenvalue weighted by molar-refractivity contribution is 6.06. The van der Waals surface area contributed by atoms with E-state index in [9.17, 15) is 51.9 Å². The number of unbranched alkanes of at least 4 members (excludes halogenated alkanes) is 1. The molecule has 6 N–H and O–H groups in total. The van der Waals surface area contributed by atoms with Gasteiger partial charge in [0.1, 0.15) is 23.8 Å². The van der Waals surface area contributed by atoms with E-state index >= 15 is 0 Å². The summed E-state index contributed by atoms with van der Waals surface area (Å²) in [4.78, 5) is 132. The molecule has 6 aliphatic rings. The fourth-order valence-electron chi connectivity index (χ4n) is 12.9. The SMILES string of the molecule is CN1CC[C@H](NC(=O)c2cc3cc(C(C)(F)F)ccc3[nH]2)C(=O)N2[C@H](CC[C@H]2C(=O)N[C@@H](CCC(N)=O)C(=O)C[C@H](C(=O)N2CCC(CCCC#Cc3cccc4c3CN(C3CCC(=O)NC3=O)C4=O)CC2)C2CCCCC2)C1. The number of rotatable bonds is 17. The zero-order chi connectivity index (χ0) is 56.1. The normalized spacial score (nSPS) is 23.2. The number of H-pyrrole nitrogens is 1. The number of hydrogen-bond donors (Lipinski definition) is 5. The number of hydrogen-bond acceptors (Lipinski definition) is 10. The number of likely N-dealkylation sites (tertiary alicyclic amines) is 1. The molecule has 1 saturated carbocycles. The number of primary amides is 1. The molecule has 4 saturated heterocycles.